The molecule has 4 nitrogen and oxygen atoms in total. The summed E-state index contributed by atoms with van der Waals surface area (Å²) in [7, 11) is 0. The van der Waals surface area contributed by atoms with Crippen LogP contribution in [0.2, 0.25) is 5.15 Å². The first-order valence-corrected chi connectivity index (χ1v) is 3.33. The Bertz CT molecular complexity index is 398. The van der Waals surface area contributed by atoms with Crippen LogP contribution in [0.4, 0.5) is 0 Å². The fraction of sp³-hybridized carbons (Fsp3) is 0. The van der Waals surface area contributed by atoms with Crippen molar-refractivity contribution in [1.29, 1.82) is 0 Å². The van der Waals surface area contributed by atoms with Crippen molar-refractivity contribution in [1.82, 2.24) is 14.6 Å². The van der Waals surface area contributed by atoms with E-state index in [9.17, 15) is 0 Å². The third-order valence-electron chi connectivity index (χ3n) is 1.34. The maximum absolute atomic E-state index is 9.03. The van der Waals surface area contributed by atoms with Crippen LogP contribution in [0, 0.1) is 0 Å². The number of aromatic hydroxyl groups is 1. The molecule has 0 unspecified atom stereocenters. The monoisotopic (exact) mass is 169 g/mol. The molecule has 0 aliphatic rings. The van der Waals surface area contributed by atoms with Crippen molar-refractivity contribution >= 4 is 17.1 Å². The Morgan fingerprint density at radius 3 is 3.09 bits per heavy atom. The number of fused-ring (bicyclic) bond motifs is 1. The lowest BCUT2D eigenvalue weighted by Crippen LogP contribution is -1.90. The van der Waals surface area contributed by atoms with Gasteiger partial charge in [0, 0.05) is 6.07 Å². The van der Waals surface area contributed by atoms with Gasteiger partial charge in [0.2, 0.25) is 0 Å². The number of hydrogen-bond donors (Lipinski definition) is 1. The van der Waals surface area contributed by atoms with E-state index in [1.807, 2.05) is 0 Å². The van der Waals surface area contributed by atoms with Crippen LogP contribution in [0.25, 0.3) is 5.52 Å². The van der Waals surface area contributed by atoms with Crippen molar-refractivity contribution in [2.24, 2.45) is 0 Å². The predicted octanol–water partition coefficient (Wildman–Crippen LogP) is 1.09. The van der Waals surface area contributed by atoms with Gasteiger partial charge in [-0.1, -0.05) is 11.6 Å². The molecule has 1 N–H and O–H groups in total. The normalized spacial score (nSPS) is 10.6. The standard InChI is InChI=1S/C6H4ClN3O/c7-6-5-1-4(11)2-10(5)9-3-8-6/h1-3,11H. The van der Waals surface area contributed by atoms with E-state index in [4.69, 9.17) is 16.7 Å². The maximum atomic E-state index is 9.03. The Balaban J connectivity index is 2.90. The molecule has 0 saturated heterocycles. The molecule has 0 spiro atoms. The van der Waals surface area contributed by atoms with E-state index in [2.05, 4.69) is 10.1 Å². The first-order valence-electron chi connectivity index (χ1n) is 2.95. The van der Waals surface area contributed by atoms with Crippen LogP contribution >= 0.6 is 11.6 Å². The third kappa shape index (κ3) is 0.914. The summed E-state index contributed by atoms with van der Waals surface area (Å²) >= 11 is 5.69. The molecule has 5 heteroatoms. The van der Waals surface area contributed by atoms with Crippen LogP contribution in [0.1, 0.15) is 0 Å². The van der Waals surface area contributed by atoms with Crippen molar-refractivity contribution in [2.45, 2.75) is 0 Å². The lowest BCUT2D eigenvalue weighted by Gasteiger charge is -1.91. The molecule has 0 aromatic carbocycles. The average Bonchev–Trinajstić information content (AvgIpc) is 2.31. The zero-order valence-electron chi connectivity index (χ0n) is 5.40. The molecule has 0 saturated carbocycles. The molecule has 2 heterocycles. The van der Waals surface area contributed by atoms with Gasteiger partial charge in [0.1, 0.15) is 17.6 Å². The second-order valence-electron chi connectivity index (χ2n) is 2.08. The molecule has 0 aliphatic heterocycles. The molecule has 0 atom stereocenters. The minimum absolute atomic E-state index is 0.132. The highest BCUT2D eigenvalue weighted by Gasteiger charge is 2.02. The molecule has 0 fully saturated rings. The summed E-state index contributed by atoms with van der Waals surface area (Å²) in [5.74, 6) is 0.132. The van der Waals surface area contributed by atoms with Crippen LogP contribution < -0.4 is 0 Å². The van der Waals surface area contributed by atoms with Gasteiger partial charge >= 0.3 is 0 Å². The molecule has 2 rings (SSSR count). The first-order chi connectivity index (χ1) is 5.27. The lowest BCUT2D eigenvalue weighted by molar-refractivity contribution is 0.475. The van der Waals surface area contributed by atoms with Crippen molar-refractivity contribution in [2.75, 3.05) is 0 Å². The average molecular weight is 170 g/mol. The SMILES string of the molecule is Oc1cc2c(Cl)ncnn2c1. The number of rotatable bonds is 0. The van der Waals surface area contributed by atoms with Gasteiger partial charge in [0.25, 0.3) is 0 Å². The quantitative estimate of drug-likeness (QED) is 0.642. The highest BCUT2D eigenvalue weighted by Crippen LogP contribution is 2.19. The van der Waals surface area contributed by atoms with E-state index in [-0.39, 0.29) is 5.75 Å². The number of nitrogens with zero attached hydrogens (tertiary/aromatic N) is 3. The fourth-order valence-electron chi connectivity index (χ4n) is 0.886. The van der Waals surface area contributed by atoms with Crippen molar-refractivity contribution in [3.05, 3.63) is 23.7 Å². The Kier molecular flexibility index (Phi) is 1.22. The van der Waals surface area contributed by atoms with Crippen molar-refractivity contribution < 1.29 is 5.11 Å². The minimum atomic E-state index is 0.132. The predicted molar refractivity (Wildman–Crippen MR) is 39.7 cm³/mol. The summed E-state index contributed by atoms with van der Waals surface area (Å²) in [5, 5.41) is 13.2. The van der Waals surface area contributed by atoms with Crippen LogP contribution in [-0.4, -0.2) is 19.7 Å². The molecule has 2 aromatic rings. The summed E-state index contributed by atoms with van der Waals surface area (Å²) in [4.78, 5) is 3.74. The van der Waals surface area contributed by atoms with Gasteiger partial charge < -0.3 is 5.11 Å². The van der Waals surface area contributed by atoms with Gasteiger partial charge in [0.05, 0.1) is 6.20 Å². The highest BCUT2D eigenvalue weighted by atomic mass is 35.5. The van der Waals surface area contributed by atoms with Crippen LogP contribution in [-0.2, 0) is 0 Å². The van der Waals surface area contributed by atoms with E-state index in [0.717, 1.165) is 0 Å². The van der Waals surface area contributed by atoms with Gasteiger partial charge in [-0.25, -0.2) is 9.50 Å². The van der Waals surface area contributed by atoms with Crippen molar-refractivity contribution in [3.63, 3.8) is 0 Å². The summed E-state index contributed by atoms with van der Waals surface area (Å²) in [6.45, 7) is 0. The Morgan fingerprint density at radius 2 is 2.36 bits per heavy atom. The number of aromatic nitrogens is 3. The molecule has 0 radical (unpaired) electrons. The second-order valence-corrected chi connectivity index (χ2v) is 2.44. The first kappa shape index (κ1) is 6.42. The van der Waals surface area contributed by atoms with Crippen LogP contribution in [0.5, 0.6) is 5.75 Å². The van der Waals surface area contributed by atoms with Gasteiger partial charge in [-0.05, 0) is 0 Å². The molecule has 0 aliphatic carbocycles. The van der Waals surface area contributed by atoms with E-state index in [1.165, 1.54) is 23.1 Å². The molecule has 0 bridgehead atoms. The molecule has 2 aromatic heterocycles. The number of hydrogen-bond acceptors (Lipinski definition) is 3. The second kappa shape index (κ2) is 2.10. The van der Waals surface area contributed by atoms with Gasteiger partial charge in [-0.3, -0.25) is 0 Å². The minimum Gasteiger partial charge on any atom is -0.506 e. The van der Waals surface area contributed by atoms with Crippen molar-refractivity contribution in [3.8, 4) is 5.75 Å². The molecular formula is C6H4ClN3O. The fourth-order valence-corrected chi connectivity index (χ4v) is 1.07. The Hall–Kier alpha value is -1.29. The number of halogens is 1. The third-order valence-corrected chi connectivity index (χ3v) is 1.64. The Morgan fingerprint density at radius 1 is 1.55 bits per heavy atom. The summed E-state index contributed by atoms with van der Waals surface area (Å²) in [6.07, 6.45) is 2.79. The summed E-state index contributed by atoms with van der Waals surface area (Å²) in [5.41, 5.74) is 0.603. The van der Waals surface area contributed by atoms with E-state index in [0.29, 0.717) is 10.7 Å². The highest BCUT2D eigenvalue weighted by molar-refractivity contribution is 6.32. The Labute approximate surface area is 67.1 Å². The van der Waals surface area contributed by atoms with E-state index in [1.54, 1.807) is 0 Å². The van der Waals surface area contributed by atoms with E-state index < -0.39 is 0 Å². The van der Waals surface area contributed by atoms with Crippen LogP contribution in [0.15, 0.2) is 18.6 Å². The van der Waals surface area contributed by atoms with Gasteiger partial charge in [-0.2, -0.15) is 5.10 Å². The van der Waals surface area contributed by atoms with Gasteiger partial charge in [-0.15, -0.1) is 0 Å². The molecule has 0 amide bonds. The topological polar surface area (TPSA) is 50.4 Å². The maximum Gasteiger partial charge on any atom is 0.156 e. The van der Waals surface area contributed by atoms with Crippen LogP contribution in [0.3, 0.4) is 0 Å². The zero-order chi connectivity index (χ0) is 7.84. The molecule has 11 heavy (non-hydrogen) atoms. The lowest BCUT2D eigenvalue weighted by atomic mass is 10.5. The smallest absolute Gasteiger partial charge is 0.156 e. The zero-order valence-corrected chi connectivity index (χ0v) is 6.15. The molecular weight excluding hydrogens is 166 g/mol. The van der Waals surface area contributed by atoms with E-state index >= 15 is 0 Å². The van der Waals surface area contributed by atoms with Gasteiger partial charge in [0.15, 0.2) is 5.15 Å². The largest absolute Gasteiger partial charge is 0.506 e. The molecule has 56 valence electrons. The summed E-state index contributed by atoms with van der Waals surface area (Å²) in [6, 6.07) is 1.50. The summed E-state index contributed by atoms with van der Waals surface area (Å²) < 4.78 is 1.46.